The van der Waals surface area contributed by atoms with Crippen LogP contribution in [0, 0.1) is 11.3 Å². The average Bonchev–Trinajstić information content (AvgIpc) is 3.00. The molecule has 0 unspecified atom stereocenters. The maximum atomic E-state index is 9.04. The maximum absolute atomic E-state index is 9.04. The van der Waals surface area contributed by atoms with E-state index in [4.69, 9.17) is 5.26 Å². The minimum Gasteiger partial charge on any atom is -0.300 e. The molecule has 1 aliphatic heterocycles. The molecule has 1 aromatic carbocycles. The van der Waals surface area contributed by atoms with Crippen LogP contribution in [0.2, 0.25) is 0 Å². The zero-order valence-corrected chi connectivity index (χ0v) is 16.5. The number of nitriles is 1. The van der Waals surface area contributed by atoms with Crippen LogP contribution in [0.3, 0.4) is 0 Å². The first-order valence-electron chi connectivity index (χ1n) is 10.4. The molecule has 0 aliphatic carbocycles. The van der Waals surface area contributed by atoms with Crippen LogP contribution < -0.4 is 0 Å². The van der Waals surface area contributed by atoms with Crippen LogP contribution in [0.5, 0.6) is 0 Å². The summed E-state index contributed by atoms with van der Waals surface area (Å²) in [6.45, 7) is 4.57. The summed E-state index contributed by atoms with van der Waals surface area (Å²) >= 11 is 0. The van der Waals surface area contributed by atoms with E-state index in [0.717, 1.165) is 11.6 Å². The number of unbranched alkanes of at least 4 members (excludes halogenated alkanes) is 4. The van der Waals surface area contributed by atoms with Crippen molar-refractivity contribution >= 4 is 0 Å². The van der Waals surface area contributed by atoms with E-state index in [9.17, 15) is 0 Å². The van der Waals surface area contributed by atoms with Gasteiger partial charge in [0, 0.05) is 12.1 Å². The molecule has 2 nitrogen and oxygen atoms in total. The summed E-state index contributed by atoms with van der Waals surface area (Å²) in [4.78, 5) is 2.68. The quantitative estimate of drug-likeness (QED) is 0.470. The Morgan fingerprint density at radius 1 is 1.04 bits per heavy atom. The third-order valence-electron chi connectivity index (χ3n) is 6.07. The van der Waals surface area contributed by atoms with E-state index in [1.165, 1.54) is 69.8 Å². The fourth-order valence-corrected chi connectivity index (χ4v) is 4.55. The van der Waals surface area contributed by atoms with Crippen LogP contribution in [0.1, 0.15) is 95.1 Å². The van der Waals surface area contributed by atoms with Gasteiger partial charge in [0.1, 0.15) is 0 Å². The SMILES string of the molecule is CCCCCCC[C@H]1CC[C@H]([C@H](CCC)c2ccc(C#N)cc2)N1C. The Labute approximate surface area is 155 Å². The van der Waals surface area contributed by atoms with E-state index in [2.05, 4.69) is 44.0 Å². The van der Waals surface area contributed by atoms with Crippen LogP contribution >= 0.6 is 0 Å². The first-order chi connectivity index (χ1) is 12.2. The van der Waals surface area contributed by atoms with Gasteiger partial charge in [-0.2, -0.15) is 5.26 Å². The molecule has 1 aliphatic rings. The van der Waals surface area contributed by atoms with Crippen LogP contribution in [0.15, 0.2) is 24.3 Å². The summed E-state index contributed by atoms with van der Waals surface area (Å²) in [5.41, 5.74) is 2.19. The number of likely N-dealkylation sites (tertiary alicyclic amines) is 1. The molecule has 0 spiro atoms. The molecule has 25 heavy (non-hydrogen) atoms. The highest BCUT2D eigenvalue weighted by Crippen LogP contribution is 2.37. The van der Waals surface area contributed by atoms with Gasteiger partial charge in [-0.15, -0.1) is 0 Å². The van der Waals surface area contributed by atoms with Gasteiger partial charge in [0.05, 0.1) is 11.6 Å². The zero-order valence-electron chi connectivity index (χ0n) is 16.5. The Kier molecular flexibility index (Phi) is 8.49. The molecule has 2 heteroatoms. The molecule has 1 fully saturated rings. The molecule has 0 bridgehead atoms. The van der Waals surface area contributed by atoms with Crippen molar-refractivity contribution in [3.8, 4) is 6.07 Å². The summed E-state index contributed by atoms with van der Waals surface area (Å²) < 4.78 is 0. The van der Waals surface area contributed by atoms with Gasteiger partial charge < -0.3 is 0 Å². The topological polar surface area (TPSA) is 27.0 Å². The largest absolute Gasteiger partial charge is 0.300 e. The highest BCUT2D eigenvalue weighted by molar-refractivity contribution is 5.33. The van der Waals surface area contributed by atoms with Crippen molar-refractivity contribution in [1.29, 1.82) is 5.26 Å². The second kappa shape index (κ2) is 10.6. The molecular formula is C23H36N2. The lowest BCUT2D eigenvalue weighted by Gasteiger charge is -2.32. The Morgan fingerprint density at radius 2 is 1.76 bits per heavy atom. The molecular weight excluding hydrogens is 304 g/mol. The summed E-state index contributed by atoms with van der Waals surface area (Å²) in [5.74, 6) is 0.604. The monoisotopic (exact) mass is 340 g/mol. The number of nitrogens with zero attached hydrogens (tertiary/aromatic N) is 2. The first-order valence-corrected chi connectivity index (χ1v) is 10.4. The first kappa shape index (κ1) is 20.0. The van der Waals surface area contributed by atoms with E-state index in [1.54, 1.807) is 0 Å². The molecule has 1 heterocycles. The number of hydrogen-bond acceptors (Lipinski definition) is 2. The fraction of sp³-hybridized carbons (Fsp3) is 0.696. The third kappa shape index (κ3) is 5.58. The number of benzene rings is 1. The fourth-order valence-electron chi connectivity index (χ4n) is 4.55. The molecule has 1 saturated heterocycles. The lowest BCUT2D eigenvalue weighted by atomic mass is 9.86. The second-order valence-electron chi connectivity index (χ2n) is 7.80. The van der Waals surface area contributed by atoms with Crippen molar-refractivity contribution in [2.24, 2.45) is 0 Å². The number of likely N-dealkylation sites (N-methyl/N-ethyl adjacent to an activating group) is 1. The lowest BCUT2D eigenvalue weighted by molar-refractivity contribution is 0.198. The Balaban J connectivity index is 1.95. The summed E-state index contributed by atoms with van der Waals surface area (Å²) in [6.07, 6.45) is 13.4. The van der Waals surface area contributed by atoms with Gasteiger partial charge in [-0.1, -0.05) is 64.5 Å². The van der Waals surface area contributed by atoms with E-state index in [1.807, 2.05) is 12.1 Å². The minimum absolute atomic E-state index is 0.604. The van der Waals surface area contributed by atoms with Crippen LogP contribution in [-0.4, -0.2) is 24.0 Å². The van der Waals surface area contributed by atoms with Crippen molar-refractivity contribution in [3.63, 3.8) is 0 Å². The van der Waals surface area contributed by atoms with E-state index >= 15 is 0 Å². The standard InChI is InChI=1S/C23H36N2/c1-4-6-7-8-9-11-21-16-17-23(25(21)3)22(10-5-2)20-14-12-19(18-24)13-15-20/h12-15,21-23H,4-11,16-17H2,1-3H3/t21-,22+,23+/m0/s1. The molecule has 0 amide bonds. The van der Waals surface area contributed by atoms with Crippen molar-refractivity contribution in [2.75, 3.05) is 7.05 Å². The van der Waals surface area contributed by atoms with Gasteiger partial charge >= 0.3 is 0 Å². The van der Waals surface area contributed by atoms with Gasteiger partial charge in [-0.3, -0.25) is 4.90 Å². The zero-order chi connectivity index (χ0) is 18.1. The molecule has 138 valence electrons. The molecule has 3 atom stereocenters. The Bertz CT molecular complexity index is 528. The number of hydrogen-bond donors (Lipinski definition) is 0. The predicted octanol–water partition coefficient (Wildman–Crippen LogP) is 6.27. The average molecular weight is 341 g/mol. The van der Waals surface area contributed by atoms with Gasteiger partial charge in [0.2, 0.25) is 0 Å². The third-order valence-corrected chi connectivity index (χ3v) is 6.07. The molecule has 0 aromatic heterocycles. The van der Waals surface area contributed by atoms with Crippen molar-refractivity contribution < 1.29 is 0 Å². The molecule has 0 saturated carbocycles. The van der Waals surface area contributed by atoms with Crippen molar-refractivity contribution in [2.45, 2.75) is 96.1 Å². The summed E-state index contributed by atoms with van der Waals surface area (Å²) in [7, 11) is 2.35. The van der Waals surface area contributed by atoms with Crippen molar-refractivity contribution in [1.82, 2.24) is 4.90 Å². The van der Waals surface area contributed by atoms with Gasteiger partial charge in [0.15, 0.2) is 0 Å². The minimum atomic E-state index is 0.604. The number of rotatable bonds is 10. The van der Waals surface area contributed by atoms with Gasteiger partial charge in [-0.05, 0) is 56.3 Å². The lowest BCUT2D eigenvalue weighted by Crippen LogP contribution is -2.36. The molecule has 0 radical (unpaired) electrons. The van der Waals surface area contributed by atoms with Crippen LogP contribution in [0.25, 0.3) is 0 Å². The predicted molar refractivity (Wildman–Crippen MR) is 107 cm³/mol. The van der Waals surface area contributed by atoms with Crippen LogP contribution in [0.4, 0.5) is 0 Å². The second-order valence-corrected chi connectivity index (χ2v) is 7.80. The molecule has 0 N–H and O–H groups in total. The van der Waals surface area contributed by atoms with Crippen LogP contribution in [-0.2, 0) is 0 Å². The van der Waals surface area contributed by atoms with Gasteiger partial charge in [0.25, 0.3) is 0 Å². The van der Waals surface area contributed by atoms with E-state index < -0.39 is 0 Å². The van der Waals surface area contributed by atoms with Crippen molar-refractivity contribution in [3.05, 3.63) is 35.4 Å². The Hall–Kier alpha value is -1.33. The highest BCUT2D eigenvalue weighted by Gasteiger charge is 2.35. The summed E-state index contributed by atoms with van der Waals surface area (Å²) in [5, 5.41) is 9.04. The van der Waals surface area contributed by atoms with Gasteiger partial charge in [-0.25, -0.2) is 0 Å². The Morgan fingerprint density at radius 3 is 2.40 bits per heavy atom. The van der Waals surface area contributed by atoms with E-state index in [-0.39, 0.29) is 0 Å². The molecule has 2 rings (SSSR count). The maximum Gasteiger partial charge on any atom is 0.0991 e. The van der Waals surface area contributed by atoms with E-state index in [0.29, 0.717) is 12.0 Å². The smallest absolute Gasteiger partial charge is 0.0991 e. The summed E-state index contributed by atoms with van der Waals surface area (Å²) in [6, 6.07) is 12.0. The normalized spacial score (nSPS) is 22.0. The molecule has 1 aromatic rings. The highest BCUT2D eigenvalue weighted by atomic mass is 15.2.